The molecule has 0 radical (unpaired) electrons. The van der Waals surface area contributed by atoms with Crippen molar-refractivity contribution < 1.29 is 14.2 Å². The second-order valence-electron chi connectivity index (χ2n) is 5.87. The number of benzene rings is 1. The number of hydrogen-bond donors (Lipinski definition) is 0. The van der Waals surface area contributed by atoms with Crippen LogP contribution in [-0.2, 0) is 20.2 Å². The maximum atomic E-state index is 6.14. The van der Waals surface area contributed by atoms with Crippen molar-refractivity contribution in [1.82, 2.24) is 0 Å². The summed E-state index contributed by atoms with van der Waals surface area (Å²) in [6.45, 7) is 5.78. The predicted molar refractivity (Wildman–Crippen MR) is 80.2 cm³/mol. The highest BCUT2D eigenvalue weighted by molar-refractivity contribution is 9.10. The van der Waals surface area contributed by atoms with Crippen molar-refractivity contribution in [2.24, 2.45) is 5.41 Å². The highest BCUT2D eigenvalue weighted by Crippen LogP contribution is 2.50. The van der Waals surface area contributed by atoms with Gasteiger partial charge >= 0.3 is 5.97 Å². The largest absolute Gasteiger partial charge is 0.323 e. The van der Waals surface area contributed by atoms with Crippen LogP contribution in [0.3, 0.4) is 0 Å². The molecule has 2 bridgehead atoms. The highest BCUT2D eigenvalue weighted by atomic mass is 79.9. The lowest BCUT2D eigenvalue weighted by Gasteiger charge is -2.55. The Morgan fingerprint density at radius 3 is 2.40 bits per heavy atom. The smallest absolute Gasteiger partial charge is 0.312 e. The molecule has 0 aliphatic carbocycles. The molecular formula is C16H21BrO3. The Labute approximate surface area is 128 Å². The van der Waals surface area contributed by atoms with E-state index < -0.39 is 5.97 Å². The zero-order valence-corrected chi connectivity index (χ0v) is 13.6. The fourth-order valence-electron chi connectivity index (χ4n) is 2.99. The molecule has 1 aromatic rings. The van der Waals surface area contributed by atoms with E-state index in [4.69, 9.17) is 14.2 Å². The molecule has 0 spiro atoms. The molecular weight excluding hydrogens is 320 g/mol. The van der Waals surface area contributed by atoms with Gasteiger partial charge in [-0.1, -0.05) is 35.7 Å². The Balaban J connectivity index is 1.82. The zero-order chi connectivity index (χ0) is 14.2. The number of rotatable bonds is 4. The van der Waals surface area contributed by atoms with E-state index in [1.165, 1.54) is 12.8 Å². The first-order valence-corrected chi connectivity index (χ1v) is 8.11. The summed E-state index contributed by atoms with van der Waals surface area (Å²) in [6.07, 6.45) is 3.62. The highest BCUT2D eigenvalue weighted by Gasteiger charge is 2.57. The average Bonchev–Trinajstić information content (AvgIpc) is 2.47. The van der Waals surface area contributed by atoms with Gasteiger partial charge in [0.05, 0.1) is 19.3 Å². The summed E-state index contributed by atoms with van der Waals surface area (Å²) < 4.78 is 19.2. The molecule has 110 valence electrons. The Morgan fingerprint density at radius 2 is 1.85 bits per heavy atom. The molecule has 3 aliphatic rings. The Kier molecular flexibility index (Phi) is 3.93. The van der Waals surface area contributed by atoms with Gasteiger partial charge in [-0.05, 0) is 37.6 Å². The van der Waals surface area contributed by atoms with Crippen LogP contribution in [0.1, 0.15) is 38.7 Å². The molecule has 1 atom stereocenters. The lowest BCUT2D eigenvalue weighted by Crippen LogP contribution is -2.62. The maximum absolute atomic E-state index is 6.14. The van der Waals surface area contributed by atoms with Gasteiger partial charge in [0.2, 0.25) is 0 Å². The van der Waals surface area contributed by atoms with Gasteiger partial charge in [0.25, 0.3) is 0 Å². The molecule has 3 aliphatic heterocycles. The maximum Gasteiger partial charge on any atom is 0.312 e. The summed E-state index contributed by atoms with van der Waals surface area (Å²) in [5, 5.41) is 0. The summed E-state index contributed by atoms with van der Waals surface area (Å²) >= 11 is 3.45. The van der Waals surface area contributed by atoms with Crippen molar-refractivity contribution in [3.05, 3.63) is 34.3 Å². The van der Waals surface area contributed by atoms with E-state index in [0.29, 0.717) is 13.2 Å². The van der Waals surface area contributed by atoms with Gasteiger partial charge in [-0.2, -0.15) is 0 Å². The van der Waals surface area contributed by atoms with Gasteiger partial charge in [0.15, 0.2) is 0 Å². The lowest BCUT2D eigenvalue weighted by molar-refractivity contribution is -0.498. The third-order valence-corrected chi connectivity index (χ3v) is 5.05. The van der Waals surface area contributed by atoms with E-state index >= 15 is 0 Å². The molecule has 1 unspecified atom stereocenters. The van der Waals surface area contributed by atoms with Crippen LogP contribution in [0.15, 0.2) is 28.7 Å². The van der Waals surface area contributed by atoms with E-state index in [1.807, 2.05) is 24.3 Å². The normalized spacial score (nSPS) is 36.2. The van der Waals surface area contributed by atoms with Crippen molar-refractivity contribution in [3.8, 4) is 0 Å². The average molecular weight is 341 g/mol. The van der Waals surface area contributed by atoms with Crippen molar-refractivity contribution in [2.45, 2.75) is 45.2 Å². The van der Waals surface area contributed by atoms with Gasteiger partial charge < -0.3 is 14.2 Å². The third kappa shape index (κ3) is 2.33. The van der Waals surface area contributed by atoms with Crippen molar-refractivity contribution in [1.29, 1.82) is 0 Å². The van der Waals surface area contributed by atoms with E-state index in [0.717, 1.165) is 16.5 Å². The van der Waals surface area contributed by atoms with Crippen LogP contribution in [-0.4, -0.2) is 19.3 Å². The fraction of sp³-hybridized carbons (Fsp3) is 0.625. The van der Waals surface area contributed by atoms with Crippen molar-refractivity contribution in [3.63, 3.8) is 0 Å². The Hall–Kier alpha value is -0.420. The molecule has 0 saturated carbocycles. The standard InChI is InChI=1S/C16H21BrO3/c1-3-4-9-15-10-18-16(19-11-15,20-12(15)2)13-5-7-14(17)8-6-13/h5-8,12H,3-4,9-11H2,1-2H3. The quantitative estimate of drug-likeness (QED) is 0.821. The minimum Gasteiger partial charge on any atom is -0.323 e. The lowest BCUT2D eigenvalue weighted by atomic mass is 9.77. The number of unbranched alkanes of at least 4 members (excludes halogenated alkanes) is 1. The Morgan fingerprint density at radius 1 is 1.20 bits per heavy atom. The summed E-state index contributed by atoms with van der Waals surface area (Å²) in [6, 6.07) is 7.94. The van der Waals surface area contributed by atoms with Crippen molar-refractivity contribution >= 4 is 15.9 Å². The van der Waals surface area contributed by atoms with E-state index in [1.54, 1.807) is 0 Å². The van der Waals surface area contributed by atoms with Crippen LogP contribution in [0.5, 0.6) is 0 Å². The van der Waals surface area contributed by atoms with Gasteiger partial charge in [0.1, 0.15) is 0 Å². The number of fused-ring (bicyclic) bond motifs is 3. The molecule has 3 fully saturated rings. The molecule has 1 aromatic carbocycles. The SMILES string of the molecule is CCCCC12COC(c3ccc(Br)cc3)(OC1)OC2C. The van der Waals surface area contributed by atoms with E-state index in [9.17, 15) is 0 Å². The number of hydrogen-bond acceptors (Lipinski definition) is 3. The topological polar surface area (TPSA) is 27.7 Å². The van der Waals surface area contributed by atoms with Crippen LogP contribution in [0.25, 0.3) is 0 Å². The summed E-state index contributed by atoms with van der Waals surface area (Å²) in [4.78, 5) is 0. The molecule has 0 aromatic heterocycles. The van der Waals surface area contributed by atoms with Crippen LogP contribution < -0.4 is 0 Å². The Bertz CT molecular complexity index is 463. The first kappa shape index (κ1) is 14.5. The van der Waals surface area contributed by atoms with E-state index in [2.05, 4.69) is 29.8 Å². The minimum atomic E-state index is -1.01. The van der Waals surface area contributed by atoms with Gasteiger partial charge in [-0.3, -0.25) is 0 Å². The van der Waals surface area contributed by atoms with Crippen LogP contribution >= 0.6 is 15.9 Å². The van der Waals surface area contributed by atoms with E-state index in [-0.39, 0.29) is 11.5 Å². The van der Waals surface area contributed by atoms with Crippen LogP contribution in [0.4, 0.5) is 0 Å². The first-order valence-electron chi connectivity index (χ1n) is 7.32. The number of halogens is 1. The molecule has 4 heteroatoms. The van der Waals surface area contributed by atoms with Gasteiger partial charge in [-0.25, -0.2) is 0 Å². The molecule has 20 heavy (non-hydrogen) atoms. The van der Waals surface area contributed by atoms with Gasteiger partial charge in [-0.15, -0.1) is 0 Å². The summed E-state index contributed by atoms with van der Waals surface area (Å²) in [5.41, 5.74) is 0.948. The van der Waals surface area contributed by atoms with Crippen LogP contribution in [0, 0.1) is 5.41 Å². The van der Waals surface area contributed by atoms with Crippen LogP contribution in [0.2, 0.25) is 0 Å². The second-order valence-corrected chi connectivity index (χ2v) is 6.78. The fourth-order valence-corrected chi connectivity index (χ4v) is 3.25. The number of ether oxygens (including phenoxy) is 3. The molecule has 3 heterocycles. The van der Waals surface area contributed by atoms with Gasteiger partial charge in [0, 0.05) is 15.5 Å². The third-order valence-electron chi connectivity index (χ3n) is 4.52. The molecule has 3 saturated heterocycles. The molecule has 0 amide bonds. The first-order chi connectivity index (χ1) is 9.60. The van der Waals surface area contributed by atoms with Crippen molar-refractivity contribution in [2.75, 3.05) is 13.2 Å². The monoisotopic (exact) mass is 340 g/mol. The zero-order valence-electron chi connectivity index (χ0n) is 12.0. The molecule has 0 N–H and O–H groups in total. The molecule has 3 nitrogen and oxygen atoms in total. The minimum absolute atomic E-state index is 0.0210. The predicted octanol–water partition coefficient (Wildman–Crippen LogP) is 4.20. The summed E-state index contributed by atoms with van der Waals surface area (Å²) in [7, 11) is 0. The second kappa shape index (κ2) is 5.41. The summed E-state index contributed by atoms with van der Waals surface area (Å²) in [5.74, 6) is -1.01. The molecule has 4 rings (SSSR count).